The van der Waals surface area contributed by atoms with E-state index in [4.69, 9.17) is 0 Å². The standard InChI is InChI=1S/C14H23N3OS/c1-8(2)7-15-13(18)11-10(5)16-12(9(3)4)17-14(11)19-6/h8-9H,7H2,1-6H3,(H,15,18). The highest BCUT2D eigenvalue weighted by atomic mass is 32.2. The number of nitrogens with zero attached hydrogens (tertiary/aromatic N) is 2. The molecule has 0 saturated carbocycles. The highest BCUT2D eigenvalue weighted by molar-refractivity contribution is 7.98. The molecule has 1 aromatic rings. The summed E-state index contributed by atoms with van der Waals surface area (Å²) in [6, 6.07) is 0. The maximum Gasteiger partial charge on any atom is 0.255 e. The predicted molar refractivity (Wildman–Crippen MR) is 79.8 cm³/mol. The molecule has 5 heteroatoms. The van der Waals surface area contributed by atoms with Gasteiger partial charge in [-0.15, -0.1) is 11.8 Å². The maximum absolute atomic E-state index is 12.2. The number of thioether (sulfide) groups is 1. The van der Waals surface area contributed by atoms with Crippen LogP contribution in [0.3, 0.4) is 0 Å². The van der Waals surface area contributed by atoms with Crippen molar-refractivity contribution < 1.29 is 4.79 Å². The van der Waals surface area contributed by atoms with Crippen LogP contribution in [-0.4, -0.2) is 28.7 Å². The van der Waals surface area contributed by atoms with E-state index in [2.05, 4.69) is 43.0 Å². The van der Waals surface area contributed by atoms with Gasteiger partial charge in [0, 0.05) is 12.5 Å². The molecule has 0 aliphatic carbocycles. The van der Waals surface area contributed by atoms with Crippen LogP contribution in [0.15, 0.2) is 5.03 Å². The lowest BCUT2D eigenvalue weighted by Gasteiger charge is -2.14. The lowest BCUT2D eigenvalue weighted by molar-refractivity contribution is 0.0944. The summed E-state index contributed by atoms with van der Waals surface area (Å²) in [6.07, 6.45) is 1.94. The Morgan fingerprint density at radius 2 is 1.89 bits per heavy atom. The second-order valence-corrected chi connectivity index (χ2v) is 6.11. The van der Waals surface area contributed by atoms with Gasteiger partial charge in [0.25, 0.3) is 5.91 Å². The third-order valence-corrected chi connectivity index (χ3v) is 3.36. The van der Waals surface area contributed by atoms with Gasteiger partial charge in [0.15, 0.2) is 0 Å². The zero-order valence-electron chi connectivity index (χ0n) is 12.6. The van der Waals surface area contributed by atoms with Crippen molar-refractivity contribution >= 4 is 17.7 Å². The van der Waals surface area contributed by atoms with Gasteiger partial charge in [-0.1, -0.05) is 27.7 Å². The summed E-state index contributed by atoms with van der Waals surface area (Å²) in [6.45, 7) is 10.8. The molecule has 0 bridgehead atoms. The fourth-order valence-electron chi connectivity index (χ4n) is 1.62. The molecule has 1 aromatic heterocycles. The SMILES string of the molecule is CSc1nc(C(C)C)nc(C)c1C(=O)NCC(C)C. The molecule has 19 heavy (non-hydrogen) atoms. The zero-order chi connectivity index (χ0) is 14.6. The van der Waals surface area contributed by atoms with Crippen molar-refractivity contribution in [1.82, 2.24) is 15.3 Å². The van der Waals surface area contributed by atoms with E-state index in [1.165, 1.54) is 11.8 Å². The van der Waals surface area contributed by atoms with Gasteiger partial charge in [-0.25, -0.2) is 9.97 Å². The van der Waals surface area contributed by atoms with Crippen molar-refractivity contribution in [1.29, 1.82) is 0 Å². The van der Waals surface area contributed by atoms with E-state index in [-0.39, 0.29) is 11.8 Å². The first-order chi connectivity index (χ1) is 8.86. The molecular formula is C14H23N3OS. The minimum atomic E-state index is -0.0779. The number of carbonyl (C=O) groups excluding carboxylic acids is 1. The monoisotopic (exact) mass is 281 g/mol. The Morgan fingerprint density at radius 1 is 1.26 bits per heavy atom. The first-order valence-electron chi connectivity index (χ1n) is 6.57. The van der Waals surface area contributed by atoms with Crippen LogP contribution in [0.2, 0.25) is 0 Å². The summed E-state index contributed by atoms with van der Waals surface area (Å²) in [4.78, 5) is 21.2. The lowest BCUT2D eigenvalue weighted by atomic mass is 10.1. The number of hydrogen-bond donors (Lipinski definition) is 1. The van der Waals surface area contributed by atoms with Crippen LogP contribution in [-0.2, 0) is 0 Å². The van der Waals surface area contributed by atoms with Gasteiger partial charge in [-0.05, 0) is 19.1 Å². The van der Waals surface area contributed by atoms with E-state index in [0.717, 1.165) is 16.5 Å². The summed E-state index contributed by atoms with van der Waals surface area (Å²) < 4.78 is 0. The molecule has 1 heterocycles. The number of hydrogen-bond acceptors (Lipinski definition) is 4. The fraction of sp³-hybridized carbons (Fsp3) is 0.643. The Hall–Kier alpha value is -1.10. The summed E-state index contributed by atoms with van der Waals surface area (Å²) in [7, 11) is 0. The van der Waals surface area contributed by atoms with Crippen molar-refractivity contribution in [2.24, 2.45) is 5.92 Å². The van der Waals surface area contributed by atoms with E-state index in [1.807, 2.05) is 13.2 Å². The molecule has 1 amide bonds. The Morgan fingerprint density at radius 3 is 2.37 bits per heavy atom. The molecule has 0 radical (unpaired) electrons. The van der Waals surface area contributed by atoms with E-state index < -0.39 is 0 Å². The van der Waals surface area contributed by atoms with Crippen LogP contribution in [0, 0.1) is 12.8 Å². The molecule has 0 spiro atoms. The Bertz CT molecular complexity index is 458. The number of aromatic nitrogens is 2. The molecule has 1 rings (SSSR count). The molecule has 0 aromatic carbocycles. The van der Waals surface area contributed by atoms with E-state index in [0.29, 0.717) is 18.0 Å². The van der Waals surface area contributed by atoms with Crippen LogP contribution in [0.25, 0.3) is 0 Å². The quantitative estimate of drug-likeness (QED) is 0.666. The first-order valence-corrected chi connectivity index (χ1v) is 7.80. The van der Waals surface area contributed by atoms with Gasteiger partial charge >= 0.3 is 0 Å². The van der Waals surface area contributed by atoms with Crippen molar-refractivity contribution in [3.8, 4) is 0 Å². The number of rotatable bonds is 5. The summed E-state index contributed by atoms with van der Waals surface area (Å²) >= 11 is 1.49. The molecule has 0 unspecified atom stereocenters. The highest BCUT2D eigenvalue weighted by Crippen LogP contribution is 2.23. The molecule has 1 N–H and O–H groups in total. The van der Waals surface area contributed by atoms with Gasteiger partial charge in [-0.3, -0.25) is 4.79 Å². The minimum absolute atomic E-state index is 0.0779. The van der Waals surface area contributed by atoms with Crippen LogP contribution >= 0.6 is 11.8 Å². The molecule has 0 fully saturated rings. The molecule has 0 atom stereocenters. The van der Waals surface area contributed by atoms with Gasteiger partial charge in [0.1, 0.15) is 10.9 Å². The Labute approximate surface area is 119 Å². The first kappa shape index (κ1) is 16.0. The molecule has 0 aliphatic heterocycles. The second kappa shape index (κ2) is 6.89. The molecule has 4 nitrogen and oxygen atoms in total. The third kappa shape index (κ3) is 4.20. The van der Waals surface area contributed by atoms with Crippen molar-refractivity contribution in [2.45, 2.75) is 45.6 Å². The topological polar surface area (TPSA) is 54.9 Å². The van der Waals surface area contributed by atoms with Gasteiger partial charge < -0.3 is 5.32 Å². The highest BCUT2D eigenvalue weighted by Gasteiger charge is 2.19. The lowest BCUT2D eigenvalue weighted by Crippen LogP contribution is -2.29. The normalized spacial score (nSPS) is 11.2. The number of aryl methyl sites for hydroxylation is 1. The fourth-order valence-corrected chi connectivity index (χ4v) is 2.25. The smallest absolute Gasteiger partial charge is 0.255 e. The number of nitrogens with one attached hydrogen (secondary N) is 1. The molecular weight excluding hydrogens is 258 g/mol. The number of carbonyl (C=O) groups is 1. The van der Waals surface area contributed by atoms with Crippen molar-refractivity contribution in [3.63, 3.8) is 0 Å². The minimum Gasteiger partial charge on any atom is -0.352 e. The second-order valence-electron chi connectivity index (χ2n) is 5.31. The summed E-state index contributed by atoms with van der Waals surface area (Å²) in [5.74, 6) is 1.41. The molecule has 0 aliphatic rings. The third-order valence-electron chi connectivity index (χ3n) is 2.68. The summed E-state index contributed by atoms with van der Waals surface area (Å²) in [5.41, 5.74) is 1.36. The zero-order valence-corrected chi connectivity index (χ0v) is 13.4. The van der Waals surface area contributed by atoms with E-state index in [1.54, 1.807) is 0 Å². The summed E-state index contributed by atoms with van der Waals surface area (Å²) in [5, 5.41) is 3.69. The average Bonchev–Trinajstić information content (AvgIpc) is 2.34. The van der Waals surface area contributed by atoms with Crippen LogP contribution in [0.5, 0.6) is 0 Å². The maximum atomic E-state index is 12.2. The van der Waals surface area contributed by atoms with Crippen molar-refractivity contribution in [2.75, 3.05) is 12.8 Å². The van der Waals surface area contributed by atoms with Gasteiger partial charge in [0.2, 0.25) is 0 Å². The molecule has 106 valence electrons. The average molecular weight is 281 g/mol. The van der Waals surface area contributed by atoms with E-state index in [9.17, 15) is 4.79 Å². The van der Waals surface area contributed by atoms with Crippen LogP contribution in [0.1, 0.15) is 55.5 Å². The molecule has 0 saturated heterocycles. The largest absolute Gasteiger partial charge is 0.352 e. The van der Waals surface area contributed by atoms with Crippen LogP contribution < -0.4 is 5.32 Å². The Kier molecular flexibility index (Phi) is 5.79. The predicted octanol–water partition coefficient (Wildman–Crippen LogP) is 3.02. The van der Waals surface area contributed by atoms with E-state index >= 15 is 0 Å². The number of amides is 1. The van der Waals surface area contributed by atoms with Crippen molar-refractivity contribution in [3.05, 3.63) is 17.1 Å². The Balaban J connectivity index is 3.09. The van der Waals surface area contributed by atoms with Gasteiger partial charge in [-0.2, -0.15) is 0 Å². The van der Waals surface area contributed by atoms with Crippen LogP contribution in [0.4, 0.5) is 0 Å². The van der Waals surface area contributed by atoms with Gasteiger partial charge in [0.05, 0.1) is 11.3 Å².